The van der Waals surface area contributed by atoms with Gasteiger partial charge in [-0.1, -0.05) is 56.3 Å². The molecule has 318 valence electrons. The molecule has 13 heteroatoms. The third-order valence-electron chi connectivity index (χ3n) is 13.0. The monoisotopic (exact) mass is 826 g/mol. The van der Waals surface area contributed by atoms with E-state index in [0.29, 0.717) is 42.1 Å². The summed E-state index contributed by atoms with van der Waals surface area (Å²) in [6, 6.07) is 12.6. The molecule has 1 amide bonds. The largest absolute Gasteiger partial charge is 0.481 e. The summed E-state index contributed by atoms with van der Waals surface area (Å²) < 4.78 is 9.80. The first-order valence-electron chi connectivity index (χ1n) is 21.3. The Balaban J connectivity index is 0.000000255. The van der Waals surface area contributed by atoms with Crippen LogP contribution in [0.1, 0.15) is 99.3 Å². The van der Waals surface area contributed by atoms with Gasteiger partial charge in [0, 0.05) is 101 Å². The van der Waals surface area contributed by atoms with Crippen LogP contribution in [0.5, 0.6) is 0 Å². The molecule has 1 aliphatic carbocycles. The summed E-state index contributed by atoms with van der Waals surface area (Å²) in [6.45, 7) is 20.0. The normalized spacial score (nSPS) is 20.8. The molecule has 3 aliphatic heterocycles. The van der Waals surface area contributed by atoms with Crippen molar-refractivity contribution in [2.75, 3.05) is 36.9 Å². The van der Waals surface area contributed by atoms with E-state index in [1.165, 1.54) is 36.5 Å². The van der Waals surface area contributed by atoms with Gasteiger partial charge in [0.05, 0.1) is 33.2 Å². The number of benzene rings is 2. The molecule has 0 atom stereocenters. The highest BCUT2D eigenvalue weighted by atomic mass is 35.5. The zero-order valence-corrected chi connectivity index (χ0v) is 36.8. The number of hydrogen-bond acceptors (Lipinski definition) is 8. The number of hydrogen-bond donors (Lipinski definition) is 3. The number of aromatic nitrogens is 4. The molecule has 59 heavy (non-hydrogen) atoms. The lowest BCUT2D eigenvalue weighted by Gasteiger charge is -2.41. The van der Waals surface area contributed by atoms with Crippen molar-refractivity contribution >= 4 is 41.1 Å². The van der Waals surface area contributed by atoms with Crippen molar-refractivity contribution in [3.05, 3.63) is 88.0 Å². The smallest absolute Gasteiger partial charge is 0.309 e. The molecule has 2 aromatic heterocycles. The van der Waals surface area contributed by atoms with Crippen molar-refractivity contribution in [1.82, 2.24) is 28.9 Å². The molecule has 8 rings (SSSR count). The van der Waals surface area contributed by atoms with Crippen LogP contribution in [-0.4, -0.2) is 84.8 Å². The number of carbonyl (C=O) groups is 2. The van der Waals surface area contributed by atoms with Crippen molar-refractivity contribution in [3.63, 3.8) is 0 Å². The number of ether oxygens (including phenoxy) is 1. The quantitative estimate of drug-likeness (QED) is 0.143. The molecule has 2 aromatic carbocycles. The molecule has 2 fully saturated rings. The maximum absolute atomic E-state index is 11.7. The molecule has 4 aliphatic rings. The van der Waals surface area contributed by atoms with Crippen LogP contribution in [0.15, 0.2) is 43.0 Å². The zero-order chi connectivity index (χ0) is 42.4. The van der Waals surface area contributed by atoms with Gasteiger partial charge in [-0.25, -0.2) is 9.97 Å². The summed E-state index contributed by atoms with van der Waals surface area (Å²) in [4.78, 5) is 37.4. The van der Waals surface area contributed by atoms with Gasteiger partial charge < -0.3 is 29.6 Å². The second-order valence-corrected chi connectivity index (χ2v) is 16.8. The number of aryl methyl sites for hydroxylation is 1. The number of nitrogens with one attached hydrogen (secondary N) is 2. The number of halogens is 1. The fourth-order valence-corrected chi connectivity index (χ4v) is 9.47. The van der Waals surface area contributed by atoms with Crippen LogP contribution in [0, 0.1) is 19.3 Å². The molecule has 4 aromatic rings. The van der Waals surface area contributed by atoms with Gasteiger partial charge in [-0.3, -0.25) is 19.4 Å². The van der Waals surface area contributed by atoms with E-state index >= 15 is 0 Å². The lowest BCUT2D eigenvalue weighted by Crippen LogP contribution is -2.44. The number of fused-ring (bicyclic) bond motifs is 2. The van der Waals surface area contributed by atoms with Gasteiger partial charge in [0.15, 0.2) is 5.82 Å². The topological polar surface area (TPSA) is 130 Å². The van der Waals surface area contributed by atoms with E-state index in [2.05, 4.69) is 55.1 Å². The Labute approximate surface area is 355 Å². The third-order valence-corrected chi connectivity index (χ3v) is 13.4. The van der Waals surface area contributed by atoms with Gasteiger partial charge >= 0.3 is 5.97 Å². The number of carboxylic acid groups (broad SMARTS) is 1. The van der Waals surface area contributed by atoms with Crippen molar-refractivity contribution in [2.45, 2.75) is 111 Å². The second-order valence-electron chi connectivity index (χ2n) is 16.4. The van der Waals surface area contributed by atoms with Gasteiger partial charge in [-0.05, 0) is 82.6 Å². The first kappa shape index (κ1) is 44.1. The van der Waals surface area contributed by atoms with Gasteiger partial charge in [-0.15, -0.1) is 0 Å². The molecule has 5 heterocycles. The number of carboxylic acids is 1. The van der Waals surface area contributed by atoms with E-state index < -0.39 is 11.4 Å². The second kappa shape index (κ2) is 19.3. The van der Waals surface area contributed by atoms with Crippen LogP contribution in [0.3, 0.4) is 0 Å². The number of aliphatic carboxylic acids is 1. The van der Waals surface area contributed by atoms with Gasteiger partial charge in [-0.2, -0.15) is 0 Å². The summed E-state index contributed by atoms with van der Waals surface area (Å²) in [5.41, 5.74) is 9.22. The first-order chi connectivity index (χ1) is 28.4. The Morgan fingerprint density at radius 1 is 0.881 bits per heavy atom. The molecular weight excluding hydrogens is 764 g/mol. The van der Waals surface area contributed by atoms with Crippen LogP contribution in [0.4, 0.5) is 11.4 Å². The van der Waals surface area contributed by atoms with Gasteiger partial charge in [0.25, 0.3) is 0 Å². The van der Waals surface area contributed by atoms with Crippen LogP contribution >= 0.6 is 11.6 Å². The fraction of sp³-hybridized carbons (Fsp3) is 0.522. The highest BCUT2D eigenvalue weighted by Crippen LogP contribution is 2.40. The average molecular weight is 828 g/mol. The Morgan fingerprint density at radius 2 is 1.44 bits per heavy atom. The molecule has 12 nitrogen and oxygen atoms in total. The maximum atomic E-state index is 11.7. The lowest BCUT2D eigenvalue weighted by atomic mass is 9.73. The van der Waals surface area contributed by atoms with Crippen LogP contribution in [0.25, 0.3) is 16.8 Å². The van der Waals surface area contributed by atoms with Crippen molar-refractivity contribution in [2.24, 2.45) is 19.5 Å². The number of carbonyl (C=O) groups excluding carboxylic acids is 1. The lowest BCUT2D eigenvalue weighted by molar-refractivity contribution is -0.150. The molecule has 0 spiro atoms. The Morgan fingerprint density at radius 3 is 2.05 bits per heavy atom. The summed E-state index contributed by atoms with van der Waals surface area (Å²) in [5.74, 6) is 1.23. The number of amides is 1. The minimum absolute atomic E-state index is 0.387. The van der Waals surface area contributed by atoms with E-state index in [4.69, 9.17) is 21.3 Å². The van der Waals surface area contributed by atoms with E-state index in [-0.39, 0.29) is 0 Å². The van der Waals surface area contributed by atoms with E-state index in [1.807, 2.05) is 71.1 Å². The Hall–Kier alpha value is -4.49. The van der Waals surface area contributed by atoms with Gasteiger partial charge in [0.2, 0.25) is 6.41 Å². The summed E-state index contributed by atoms with van der Waals surface area (Å²) in [5, 5.41) is 16.3. The molecule has 0 unspecified atom stereocenters. The molecule has 3 N–H and O–H groups in total. The van der Waals surface area contributed by atoms with E-state index in [1.54, 1.807) is 0 Å². The highest BCUT2D eigenvalue weighted by molar-refractivity contribution is 6.36. The van der Waals surface area contributed by atoms with E-state index in [0.717, 1.165) is 104 Å². The van der Waals surface area contributed by atoms with Crippen LogP contribution in [-0.2, 0) is 54.4 Å². The summed E-state index contributed by atoms with van der Waals surface area (Å²) in [7, 11) is 4.15. The van der Waals surface area contributed by atoms with Crippen molar-refractivity contribution < 1.29 is 19.4 Å². The molecule has 0 bridgehead atoms. The number of rotatable bonds is 9. The van der Waals surface area contributed by atoms with Crippen molar-refractivity contribution in [3.8, 4) is 11.1 Å². The Bertz CT molecular complexity index is 2130. The minimum Gasteiger partial charge on any atom is -0.481 e. The zero-order valence-electron chi connectivity index (χ0n) is 36.0. The molecule has 1 saturated carbocycles. The molecule has 0 radical (unpaired) electrons. The predicted octanol–water partition coefficient (Wildman–Crippen LogP) is 8.38. The van der Waals surface area contributed by atoms with Crippen LogP contribution < -0.4 is 10.6 Å². The number of nitrogens with zero attached hydrogens (tertiary/aromatic N) is 6. The van der Waals surface area contributed by atoms with Gasteiger partial charge in [0.1, 0.15) is 5.82 Å². The third kappa shape index (κ3) is 9.46. The Kier molecular flexibility index (Phi) is 14.4. The SMILES string of the molecule is C=C(Nc1cccc(-c2cccc(NC=O)c2C)c1Cl)c1nc2c(n1C)CCN(C1CCC(C)(C(=O)O)CC1)C2.CC.Cc1nc2c(n1C)CCN(C1CCOCC1)C2. The van der Waals surface area contributed by atoms with Crippen molar-refractivity contribution in [1.29, 1.82) is 0 Å². The van der Waals surface area contributed by atoms with Crippen LogP contribution in [0.2, 0.25) is 5.02 Å². The first-order valence-corrected chi connectivity index (χ1v) is 21.7. The average Bonchev–Trinajstić information content (AvgIpc) is 3.74. The standard InChI is InChI=1S/C31H36ClN5O3.C13H21N3O.C2H6/c1-19-22(7-5-9-24(19)33-18-38)23-8-6-10-25(28(23)32)34-20(2)29-35-26-17-37(16-13-27(26)36(29)4)21-11-14-31(3,15-12-21)30(39)40;1-10-14-12-9-16(6-3-13(12)15(10)2)11-4-7-17-8-5-11;1-2/h5-10,18,21,34H,2,11-17H2,1,3-4H3,(H,33,38)(H,39,40);11H,3-9H2,1-2H3;1-2H3. The highest BCUT2D eigenvalue weighted by Gasteiger charge is 2.40. The maximum Gasteiger partial charge on any atom is 0.309 e. The molecular formula is C46H63ClN8O4. The molecule has 1 saturated heterocycles. The summed E-state index contributed by atoms with van der Waals surface area (Å²) in [6.07, 6.45) is 8.28. The fourth-order valence-electron chi connectivity index (χ4n) is 9.20. The predicted molar refractivity (Wildman–Crippen MR) is 237 cm³/mol. The number of imidazole rings is 2. The minimum atomic E-state index is -0.684. The van der Waals surface area contributed by atoms with E-state index in [9.17, 15) is 14.7 Å². The summed E-state index contributed by atoms with van der Waals surface area (Å²) >= 11 is 6.90. The number of anilines is 2.